The van der Waals surface area contributed by atoms with Gasteiger partial charge in [0.2, 0.25) is 10.0 Å². The maximum Gasteiger partial charge on any atom is 0.573 e. The lowest BCUT2D eigenvalue weighted by atomic mass is 9.93. The molecule has 0 unspecified atom stereocenters. The minimum Gasteiger partial charge on any atom is -0.406 e. The third-order valence-corrected chi connectivity index (χ3v) is 5.70. The topological polar surface area (TPSA) is 72.6 Å². The van der Waals surface area contributed by atoms with Gasteiger partial charge in [0, 0.05) is 25.2 Å². The summed E-state index contributed by atoms with van der Waals surface area (Å²) in [4.78, 5) is -0.218. The molecule has 1 aromatic carbocycles. The lowest BCUT2D eigenvalue weighted by molar-refractivity contribution is -0.274. The Balaban J connectivity index is 2.24. The fourth-order valence-corrected chi connectivity index (χ4v) is 4.17. The molecule has 1 aromatic rings. The molecule has 130 valence electrons. The van der Waals surface area contributed by atoms with E-state index >= 15 is 0 Å². The predicted octanol–water partition coefficient (Wildman–Crippen LogP) is 2.33. The van der Waals surface area contributed by atoms with Crippen LogP contribution in [0.2, 0.25) is 0 Å². The Morgan fingerprint density at radius 3 is 2.70 bits per heavy atom. The molecule has 1 saturated heterocycles. The number of piperidine rings is 1. The first-order valence-corrected chi connectivity index (χ1v) is 8.65. The van der Waals surface area contributed by atoms with E-state index in [2.05, 4.69) is 4.74 Å². The lowest BCUT2D eigenvalue weighted by Gasteiger charge is -2.33. The second-order valence-corrected chi connectivity index (χ2v) is 7.59. The predicted molar refractivity (Wildman–Crippen MR) is 78.3 cm³/mol. The van der Waals surface area contributed by atoms with E-state index in [-0.39, 0.29) is 23.4 Å². The minimum absolute atomic E-state index is 0.0353. The van der Waals surface area contributed by atoms with Gasteiger partial charge < -0.3 is 10.5 Å². The van der Waals surface area contributed by atoms with Crippen LogP contribution in [-0.2, 0) is 10.0 Å². The summed E-state index contributed by atoms with van der Waals surface area (Å²) in [5.41, 5.74) is 5.84. The molecule has 2 N–H and O–H groups in total. The van der Waals surface area contributed by atoms with Crippen LogP contribution < -0.4 is 10.5 Å². The molecule has 1 aliphatic rings. The van der Waals surface area contributed by atoms with E-state index in [1.807, 2.05) is 6.92 Å². The van der Waals surface area contributed by atoms with Crippen LogP contribution in [-0.4, -0.2) is 38.2 Å². The second-order valence-electron chi connectivity index (χ2n) is 5.65. The second kappa shape index (κ2) is 6.66. The summed E-state index contributed by atoms with van der Waals surface area (Å²) in [5, 5.41) is 0. The van der Waals surface area contributed by atoms with Crippen molar-refractivity contribution >= 4 is 10.0 Å². The summed E-state index contributed by atoms with van der Waals surface area (Å²) in [6, 6.07) is 4.29. The summed E-state index contributed by atoms with van der Waals surface area (Å²) < 4.78 is 67.1. The number of sulfonamides is 1. The average molecular weight is 352 g/mol. The first-order chi connectivity index (χ1) is 10.6. The number of ether oxygens (including phenoxy) is 1. The van der Waals surface area contributed by atoms with Crippen LogP contribution in [0.5, 0.6) is 5.75 Å². The molecule has 2 atom stereocenters. The zero-order valence-corrected chi connectivity index (χ0v) is 13.4. The number of halogens is 3. The van der Waals surface area contributed by atoms with E-state index in [4.69, 9.17) is 5.73 Å². The van der Waals surface area contributed by atoms with Crippen molar-refractivity contribution in [1.82, 2.24) is 4.31 Å². The highest BCUT2D eigenvalue weighted by atomic mass is 32.2. The van der Waals surface area contributed by atoms with E-state index in [0.717, 1.165) is 18.6 Å². The third-order valence-electron chi connectivity index (χ3n) is 3.84. The number of rotatable bonds is 4. The molecule has 9 heteroatoms. The quantitative estimate of drug-likeness (QED) is 0.903. The number of nitrogens with two attached hydrogens (primary N) is 1. The molecule has 1 fully saturated rings. The van der Waals surface area contributed by atoms with Crippen LogP contribution in [0.4, 0.5) is 13.2 Å². The molecule has 23 heavy (non-hydrogen) atoms. The molecular formula is C14H19F3N2O3S. The lowest BCUT2D eigenvalue weighted by Crippen LogP contribution is -2.44. The van der Waals surface area contributed by atoms with Crippen molar-refractivity contribution in [2.75, 3.05) is 13.1 Å². The summed E-state index contributed by atoms with van der Waals surface area (Å²) >= 11 is 0. The van der Waals surface area contributed by atoms with Gasteiger partial charge in [0.25, 0.3) is 0 Å². The summed E-state index contributed by atoms with van der Waals surface area (Å²) in [5.74, 6) is -0.521. The van der Waals surface area contributed by atoms with Gasteiger partial charge in [-0.1, -0.05) is 6.07 Å². The smallest absolute Gasteiger partial charge is 0.406 e. The fourth-order valence-electron chi connectivity index (χ4n) is 2.60. The average Bonchev–Trinajstić information content (AvgIpc) is 2.46. The van der Waals surface area contributed by atoms with Gasteiger partial charge in [-0.15, -0.1) is 13.2 Å². The van der Waals surface area contributed by atoms with E-state index in [1.54, 1.807) is 0 Å². The van der Waals surface area contributed by atoms with E-state index in [9.17, 15) is 21.6 Å². The van der Waals surface area contributed by atoms with Crippen LogP contribution in [0, 0.1) is 5.92 Å². The van der Waals surface area contributed by atoms with Crippen LogP contribution in [0.3, 0.4) is 0 Å². The highest BCUT2D eigenvalue weighted by Crippen LogP contribution is 2.29. The molecule has 0 saturated carbocycles. The molecule has 5 nitrogen and oxygen atoms in total. The standard InChI is InChI=1S/C14H19F3N2O3S/c1-10(18)11-4-3-7-19(9-11)23(20,21)13-6-2-5-12(8-13)22-14(15,16)17/h2,5-6,8,10-11H,3-4,7,9,18H2,1H3/t10-,11+/m1/s1. The maximum absolute atomic E-state index is 12.6. The molecule has 0 aliphatic carbocycles. The van der Waals surface area contributed by atoms with Gasteiger partial charge in [-0.05, 0) is 37.8 Å². The zero-order chi connectivity index (χ0) is 17.3. The normalized spacial score (nSPS) is 21.9. The van der Waals surface area contributed by atoms with Crippen LogP contribution >= 0.6 is 0 Å². The molecule has 0 aromatic heterocycles. The Bertz CT molecular complexity index is 647. The number of nitrogens with zero attached hydrogens (tertiary/aromatic N) is 1. The Morgan fingerprint density at radius 2 is 2.09 bits per heavy atom. The summed E-state index contributed by atoms with van der Waals surface area (Å²) in [7, 11) is -3.88. The van der Waals surface area contributed by atoms with Crippen LogP contribution in [0.25, 0.3) is 0 Å². The number of alkyl halides is 3. The molecule has 0 spiro atoms. The zero-order valence-electron chi connectivity index (χ0n) is 12.6. The van der Waals surface area contributed by atoms with Gasteiger partial charge in [0.05, 0.1) is 4.90 Å². The van der Waals surface area contributed by atoms with Crippen molar-refractivity contribution in [3.8, 4) is 5.75 Å². The SMILES string of the molecule is C[C@@H](N)[C@H]1CCCN(S(=O)(=O)c2cccc(OC(F)(F)F)c2)C1. The van der Waals surface area contributed by atoms with Gasteiger partial charge in [0.15, 0.2) is 0 Å². The molecule has 0 bridgehead atoms. The van der Waals surface area contributed by atoms with Crippen molar-refractivity contribution < 1.29 is 26.3 Å². The largest absolute Gasteiger partial charge is 0.573 e. The van der Waals surface area contributed by atoms with Crippen molar-refractivity contribution in [2.45, 2.75) is 37.1 Å². The van der Waals surface area contributed by atoms with E-state index in [1.165, 1.54) is 16.4 Å². The first-order valence-electron chi connectivity index (χ1n) is 7.21. The number of hydrogen-bond acceptors (Lipinski definition) is 4. The van der Waals surface area contributed by atoms with E-state index < -0.39 is 22.1 Å². The molecule has 0 radical (unpaired) electrons. The van der Waals surface area contributed by atoms with Gasteiger partial charge in [-0.2, -0.15) is 4.31 Å². The van der Waals surface area contributed by atoms with Crippen LogP contribution in [0.1, 0.15) is 19.8 Å². The highest BCUT2D eigenvalue weighted by molar-refractivity contribution is 7.89. The first kappa shape index (κ1) is 18.0. The van der Waals surface area contributed by atoms with Crippen molar-refractivity contribution in [2.24, 2.45) is 11.7 Å². The highest BCUT2D eigenvalue weighted by Gasteiger charge is 2.34. The molecule has 2 rings (SSSR count). The van der Waals surface area contributed by atoms with Gasteiger partial charge in [-0.3, -0.25) is 0 Å². The summed E-state index contributed by atoms with van der Waals surface area (Å²) in [6.45, 7) is 2.42. The van der Waals surface area contributed by atoms with Crippen LogP contribution in [0.15, 0.2) is 29.2 Å². The minimum atomic E-state index is -4.87. The molecule has 1 aliphatic heterocycles. The Kier molecular flexibility index (Phi) is 5.22. The van der Waals surface area contributed by atoms with Crippen molar-refractivity contribution in [3.63, 3.8) is 0 Å². The van der Waals surface area contributed by atoms with E-state index in [0.29, 0.717) is 13.0 Å². The Labute approximate surface area is 133 Å². The fraction of sp³-hybridized carbons (Fsp3) is 0.571. The van der Waals surface area contributed by atoms with Gasteiger partial charge in [0.1, 0.15) is 5.75 Å². The molecular weight excluding hydrogens is 333 g/mol. The summed E-state index contributed by atoms with van der Waals surface area (Å²) in [6.07, 6.45) is -3.36. The third kappa shape index (κ3) is 4.58. The monoisotopic (exact) mass is 352 g/mol. The van der Waals surface area contributed by atoms with Crippen molar-refractivity contribution in [1.29, 1.82) is 0 Å². The van der Waals surface area contributed by atoms with Crippen molar-refractivity contribution in [3.05, 3.63) is 24.3 Å². The number of hydrogen-bond donors (Lipinski definition) is 1. The Morgan fingerprint density at radius 1 is 1.39 bits per heavy atom. The van der Waals surface area contributed by atoms with Gasteiger partial charge in [-0.25, -0.2) is 8.42 Å². The Hall–Kier alpha value is -1.32. The molecule has 1 heterocycles. The van der Waals surface area contributed by atoms with Gasteiger partial charge >= 0.3 is 6.36 Å². The number of benzene rings is 1. The maximum atomic E-state index is 12.6. The molecule has 0 amide bonds.